The van der Waals surface area contributed by atoms with Gasteiger partial charge in [0.25, 0.3) is 5.91 Å². The summed E-state index contributed by atoms with van der Waals surface area (Å²) in [6.07, 6.45) is 0. The smallest absolute Gasteiger partial charge is 0.260 e. The second kappa shape index (κ2) is 6.07. The topological polar surface area (TPSA) is 49.3 Å². The van der Waals surface area contributed by atoms with Crippen LogP contribution >= 0.6 is 47.8 Å². The van der Waals surface area contributed by atoms with E-state index in [1.807, 2.05) is 12.1 Å². The molecule has 0 bridgehead atoms. The van der Waals surface area contributed by atoms with E-state index in [0.29, 0.717) is 14.6 Å². The lowest BCUT2D eigenvalue weighted by molar-refractivity contribution is 0.102. The maximum absolute atomic E-state index is 12.2. The molecule has 0 spiro atoms. The zero-order chi connectivity index (χ0) is 14.0. The molecule has 0 aliphatic carbocycles. The lowest BCUT2D eigenvalue weighted by Gasteiger charge is -2.10. The number of benzene rings is 2. The Morgan fingerprint density at radius 1 is 0.947 bits per heavy atom. The minimum absolute atomic E-state index is 0.0935. The quantitative estimate of drug-likeness (QED) is 0.682. The van der Waals surface area contributed by atoms with Gasteiger partial charge in [0.2, 0.25) is 0 Å². The molecule has 2 N–H and O–H groups in total. The van der Waals surface area contributed by atoms with Crippen molar-refractivity contribution in [2.24, 2.45) is 0 Å². The highest BCUT2D eigenvalue weighted by atomic mass is 79.9. The number of phenols is 1. The van der Waals surface area contributed by atoms with Crippen molar-refractivity contribution in [3.8, 4) is 5.75 Å². The molecule has 2 aromatic rings. The van der Waals surface area contributed by atoms with E-state index in [1.54, 1.807) is 24.3 Å². The fourth-order valence-electron chi connectivity index (χ4n) is 1.48. The Kier molecular flexibility index (Phi) is 4.65. The summed E-state index contributed by atoms with van der Waals surface area (Å²) in [5, 5.41) is 12.6. The molecule has 0 saturated carbocycles. The number of carbonyl (C=O) groups excluding carboxylic acids is 1. The van der Waals surface area contributed by atoms with Crippen molar-refractivity contribution in [1.82, 2.24) is 0 Å². The highest BCUT2D eigenvalue weighted by Crippen LogP contribution is 2.33. The number of nitrogens with one attached hydrogen (secondary N) is 1. The lowest BCUT2D eigenvalue weighted by atomic mass is 10.2. The molecule has 0 aliphatic rings. The first kappa shape index (κ1) is 14.6. The summed E-state index contributed by atoms with van der Waals surface area (Å²) in [4.78, 5) is 12.2. The van der Waals surface area contributed by atoms with Crippen LogP contribution in [0, 0.1) is 0 Å². The average Bonchev–Trinajstić information content (AvgIpc) is 2.37. The SMILES string of the molecule is O=C(Nc1ccc(Br)cc1)c1c(Br)ccc(Br)c1O. The molecule has 6 heteroatoms. The van der Waals surface area contributed by atoms with Gasteiger partial charge in [-0.15, -0.1) is 0 Å². The maximum Gasteiger partial charge on any atom is 0.260 e. The van der Waals surface area contributed by atoms with Gasteiger partial charge in [0.15, 0.2) is 0 Å². The van der Waals surface area contributed by atoms with Crippen LogP contribution in [0.5, 0.6) is 5.75 Å². The second-order valence-corrected chi connectivity index (χ2v) is 6.34. The minimum atomic E-state index is -0.381. The molecule has 0 heterocycles. The molecule has 0 atom stereocenters. The number of halogens is 3. The first-order valence-corrected chi connectivity index (χ1v) is 7.61. The first-order chi connectivity index (χ1) is 8.99. The van der Waals surface area contributed by atoms with Crippen LogP contribution in [-0.4, -0.2) is 11.0 Å². The van der Waals surface area contributed by atoms with Gasteiger partial charge in [0.05, 0.1) is 10.0 Å². The van der Waals surface area contributed by atoms with Crippen LogP contribution in [0.1, 0.15) is 10.4 Å². The summed E-state index contributed by atoms with van der Waals surface area (Å²) in [6, 6.07) is 10.5. The van der Waals surface area contributed by atoms with Crippen molar-refractivity contribution in [1.29, 1.82) is 0 Å². The Morgan fingerprint density at radius 2 is 1.53 bits per heavy atom. The standard InChI is InChI=1S/C13H8Br3NO2/c14-7-1-3-8(4-2-7)17-13(19)11-9(15)5-6-10(16)12(11)18/h1-6,18H,(H,17,19). The Hall–Kier alpha value is -0.850. The molecule has 19 heavy (non-hydrogen) atoms. The number of amides is 1. The van der Waals surface area contributed by atoms with Crippen molar-refractivity contribution in [3.05, 3.63) is 55.4 Å². The summed E-state index contributed by atoms with van der Waals surface area (Å²) in [5.41, 5.74) is 0.844. The number of aromatic hydroxyl groups is 1. The molecule has 0 aliphatic heterocycles. The lowest BCUT2D eigenvalue weighted by Crippen LogP contribution is -2.13. The Bertz CT molecular complexity index is 627. The van der Waals surface area contributed by atoms with E-state index >= 15 is 0 Å². The number of hydrogen-bond donors (Lipinski definition) is 2. The van der Waals surface area contributed by atoms with Crippen molar-refractivity contribution in [2.45, 2.75) is 0 Å². The molecule has 2 rings (SSSR count). The van der Waals surface area contributed by atoms with Crippen LogP contribution in [-0.2, 0) is 0 Å². The fraction of sp³-hybridized carbons (Fsp3) is 0. The third-order valence-electron chi connectivity index (χ3n) is 2.41. The van der Waals surface area contributed by atoms with Gasteiger partial charge in [0.1, 0.15) is 5.75 Å². The monoisotopic (exact) mass is 447 g/mol. The van der Waals surface area contributed by atoms with E-state index in [1.165, 1.54) is 0 Å². The van der Waals surface area contributed by atoms with E-state index in [2.05, 4.69) is 53.1 Å². The van der Waals surface area contributed by atoms with Crippen molar-refractivity contribution >= 4 is 59.4 Å². The van der Waals surface area contributed by atoms with Crippen LogP contribution < -0.4 is 5.32 Å². The molecular weight excluding hydrogens is 442 g/mol. The Labute approximate surface area is 135 Å². The van der Waals surface area contributed by atoms with Gasteiger partial charge in [-0.05, 0) is 68.3 Å². The third kappa shape index (κ3) is 3.38. The van der Waals surface area contributed by atoms with Gasteiger partial charge >= 0.3 is 0 Å². The number of hydrogen-bond acceptors (Lipinski definition) is 2. The predicted molar refractivity (Wildman–Crippen MR) is 85.6 cm³/mol. The van der Waals surface area contributed by atoms with E-state index in [4.69, 9.17) is 0 Å². The normalized spacial score (nSPS) is 10.3. The average molecular weight is 450 g/mol. The zero-order valence-corrected chi connectivity index (χ0v) is 14.2. The largest absolute Gasteiger partial charge is 0.506 e. The molecule has 0 aromatic heterocycles. The van der Waals surface area contributed by atoms with E-state index in [0.717, 1.165) is 4.47 Å². The molecule has 2 aromatic carbocycles. The summed E-state index contributed by atoms with van der Waals surface area (Å²) in [7, 11) is 0. The maximum atomic E-state index is 12.2. The van der Waals surface area contributed by atoms with Crippen molar-refractivity contribution in [3.63, 3.8) is 0 Å². The Morgan fingerprint density at radius 3 is 2.16 bits per heavy atom. The number of anilines is 1. The van der Waals surface area contributed by atoms with Gasteiger partial charge in [-0.3, -0.25) is 4.79 Å². The van der Waals surface area contributed by atoms with Crippen molar-refractivity contribution < 1.29 is 9.90 Å². The van der Waals surface area contributed by atoms with Crippen molar-refractivity contribution in [2.75, 3.05) is 5.32 Å². The molecule has 98 valence electrons. The molecule has 0 radical (unpaired) electrons. The number of rotatable bonds is 2. The molecule has 1 amide bonds. The summed E-state index contributed by atoms with van der Waals surface area (Å²) in [5.74, 6) is -0.475. The predicted octanol–water partition coefficient (Wildman–Crippen LogP) is 4.93. The summed E-state index contributed by atoms with van der Waals surface area (Å²) < 4.78 is 1.93. The van der Waals surface area contributed by atoms with Crippen LogP contribution in [0.25, 0.3) is 0 Å². The van der Waals surface area contributed by atoms with E-state index in [9.17, 15) is 9.90 Å². The van der Waals surface area contributed by atoms with E-state index < -0.39 is 0 Å². The highest BCUT2D eigenvalue weighted by Gasteiger charge is 2.17. The number of phenolic OH excluding ortho intramolecular Hbond substituents is 1. The van der Waals surface area contributed by atoms with Gasteiger partial charge < -0.3 is 10.4 Å². The van der Waals surface area contributed by atoms with Crippen LogP contribution in [0.3, 0.4) is 0 Å². The minimum Gasteiger partial charge on any atom is -0.506 e. The highest BCUT2D eigenvalue weighted by molar-refractivity contribution is 9.11. The fourth-order valence-corrected chi connectivity index (χ4v) is 2.58. The van der Waals surface area contributed by atoms with Gasteiger partial charge in [-0.2, -0.15) is 0 Å². The van der Waals surface area contributed by atoms with E-state index in [-0.39, 0.29) is 17.2 Å². The molecule has 0 unspecified atom stereocenters. The Balaban J connectivity index is 2.30. The summed E-state index contributed by atoms with van der Waals surface area (Å²) >= 11 is 9.77. The van der Waals surface area contributed by atoms with Crippen LogP contribution in [0.15, 0.2) is 49.8 Å². The number of carbonyl (C=O) groups is 1. The second-order valence-electron chi connectivity index (χ2n) is 3.71. The molecule has 3 nitrogen and oxygen atoms in total. The van der Waals surface area contributed by atoms with Crippen LogP contribution in [0.4, 0.5) is 5.69 Å². The van der Waals surface area contributed by atoms with Gasteiger partial charge in [0, 0.05) is 14.6 Å². The molecular formula is C13H8Br3NO2. The van der Waals surface area contributed by atoms with Gasteiger partial charge in [-0.1, -0.05) is 15.9 Å². The summed E-state index contributed by atoms with van der Waals surface area (Å²) in [6.45, 7) is 0. The zero-order valence-electron chi connectivity index (χ0n) is 9.45. The van der Waals surface area contributed by atoms with Gasteiger partial charge in [-0.25, -0.2) is 0 Å². The third-order valence-corrected chi connectivity index (χ3v) is 4.24. The molecule has 0 fully saturated rings. The van der Waals surface area contributed by atoms with Crippen LogP contribution in [0.2, 0.25) is 0 Å². The molecule has 0 saturated heterocycles. The first-order valence-electron chi connectivity index (χ1n) is 5.23.